The number of nitrogens with zero attached hydrogens (tertiary/aromatic N) is 2. The molecular formula is C27H28F2N2O4. The zero-order valence-corrected chi connectivity index (χ0v) is 20.2. The van der Waals surface area contributed by atoms with Gasteiger partial charge in [-0.15, -0.1) is 0 Å². The third kappa shape index (κ3) is 5.65. The first-order valence-corrected chi connectivity index (χ1v) is 11.4. The third-order valence-electron chi connectivity index (χ3n) is 5.81. The summed E-state index contributed by atoms with van der Waals surface area (Å²) >= 11 is 0. The van der Waals surface area contributed by atoms with Gasteiger partial charge in [0, 0.05) is 29.9 Å². The molecule has 3 aromatic rings. The molecule has 0 saturated carbocycles. The number of ketones is 1. The van der Waals surface area contributed by atoms with E-state index in [0.717, 1.165) is 6.07 Å². The van der Waals surface area contributed by atoms with E-state index in [1.165, 1.54) is 47.4 Å². The Balaban J connectivity index is 1.99. The standard InChI is InChI=1S/C27H28F2N2O4/c1-5-31-18(4)24(17(3)25(31)27(34)35-6-2)23(32)16-30(15-19-10-12-21(28)13-11-19)26(33)20-8-7-9-22(29)14-20/h7-14H,5-6,15-16H2,1-4H3. The number of carbonyl (C=O) groups excluding carboxylic acids is 3. The first-order chi connectivity index (χ1) is 16.7. The predicted molar refractivity (Wildman–Crippen MR) is 127 cm³/mol. The summed E-state index contributed by atoms with van der Waals surface area (Å²) in [6.07, 6.45) is 0. The number of rotatable bonds is 9. The van der Waals surface area contributed by atoms with Crippen LogP contribution in [0.25, 0.3) is 0 Å². The summed E-state index contributed by atoms with van der Waals surface area (Å²) in [6, 6.07) is 10.8. The highest BCUT2D eigenvalue weighted by molar-refractivity contribution is 6.06. The molecule has 8 heteroatoms. The fourth-order valence-corrected chi connectivity index (χ4v) is 4.23. The van der Waals surface area contributed by atoms with Crippen molar-refractivity contribution >= 4 is 17.7 Å². The SMILES string of the molecule is CCOC(=O)c1c(C)c(C(=O)CN(Cc2ccc(F)cc2)C(=O)c2cccc(F)c2)c(C)n1CC. The lowest BCUT2D eigenvalue weighted by Crippen LogP contribution is -2.35. The Morgan fingerprint density at radius 2 is 1.66 bits per heavy atom. The van der Waals surface area contributed by atoms with Crippen LogP contribution in [0.1, 0.15) is 61.9 Å². The Kier molecular flexibility index (Phi) is 8.17. The molecule has 0 aliphatic rings. The molecule has 6 nitrogen and oxygen atoms in total. The van der Waals surface area contributed by atoms with E-state index in [2.05, 4.69) is 0 Å². The van der Waals surface area contributed by atoms with Gasteiger partial charge in [-0.1, -0.05) is 18.2 Å². The summed E-state index contributed by atoms with van der Waals surface area (Å²) in [5.74, 6) is -2.43. The molecule has 0 unspecified atom stereocenters. The number of esters is 1. The van der Waals surface area contributed by atoms with Crippen molar-refractivity contribution in [3.05, 3.63) is 93.8 Å². The van der Waals surface area contributed by atoms with Gasteiger partial charge in [-0.2, -0.15) is 0 Å². The molecule has 2 aromatic carbocycles. The van der Waals surface area contributed by atoms with Crippen molar-refractivity contribution in [2.24, 2.45) is 0 Å². The summed E-state index contributed by atoms with van der Waals surface area (Å²) < 4.78 is 34.1. The number of hydrogen-bond acceptors (Lipinski definition) is 4. The Bertz CT molecular complexity index is 1250. The van der Waals surface area contributed by atoms with Crippen LogP contribution in [0.2, 0.25) is 0 Å². The van der Waals surface area contributed by atoms with Gasteiger partial charge in [0.1, 0.15) is 17.3 Å². The van der Waals surface area contributed by atoms with Gasteiger partial charge in [-0.3, -0.25) is 9.59 Å². The van der Waals surface area contributed by atoms with Crippen molar-refractivity contribution < 1.29 is 27.9 Å². The van der Waals surface area contributed by atoms with Crippen LogP contribution in [0.15, 0.2) is 48.5 Å². The van der Waals surface area contributed by atoms with Crippen molar-refractivity contribution in [1.82, 2.24) is 9.47 Å². The molecule has 0 N–H and O–H groups in total. The molecular weight excluding hydrogens is 454 g/mol. The van der Waals surface area contributed by atoms with E-state index in [9.17, 15) is 23.2 Å². The Morgan fingerprint density at radius 1 is 0.971 bits per heavy atom. The number of hydrogen-bond donors (Lipinski definition) is 0. The van der Waals surface area contributed by atoms with Crippen LogP contribution >= 0.6 is 0 Å². The smallest absolute Gasteiger partial charge is 0.355 e. The molecule has 1 amide bonds. The van der Waals surface area contributed by atoms with Crippen molar-refractivity contribution in [1.29, 1.82) is 0 Å². The van der Waals surface area contributed by atoms with Crippen LogP contribution in [0.3, 0.4) is 0 Å². The fraction of sp³-hybridized carbons (Fsp3) is 0.296. The van der Waals surface area contributed by atoms with E-state index in [1.807, 2.05) is 6.92 Å². The van der Waals surface area contributed by atoms with Gasteiger partial charge in [0.15, 0.2) is 5.78 Å². The highest BCUT2D eigenvalue weighted by Crippen LogP contribution is 2.25. The molecule has 0 atom stereocenters. The number of carbonyl (C=O) groups is 3. The molecule has 35 heavy (non-hydrogen) atoms. The lowest BCUT2D eigenvalue weighted by atomic mass is 10.0. The molecule has 0 aliphatic carbocycles. The lowest BCUT2D eigenvalue weighted by molar-refractivity contribution is 0.0512. The van der Waals surface area contributed by atoms with Crippen molar-refractivity contribution in [3.63, 3.8) is 0 Å². The minimum Gasteiger partial charge on any atom is -0.461 e. The number of ether oxygens (including phenoxy) is 1. The van der Waals surface area contributed by atoms with Gasteiger partial charge in [-0.25, -0.2) is 13.6 Å². The first kappa shape index (κ1) is 25.8. The largest absolute Gasteiger partial charge is 0.461 e. The lowest BCUT2D eigenvalue weighted by Gasteiger charge is -2.23. The monoisotopic (exact) mass is 482 g/mol. The molecule has 1 heterocycles. The van der Waals surface area contributed by atoms with Crippen LogP contribution in [-0.4, -0.2) is 40.3 Å². The van der Waals surface area contributed by atoms with Crippen molar-refractivity contribution in [2.45, 2.75) is 40.8 Å². The van der Waals surface area contributed by atoms with E-state index < -0.39 is 23.5 Å². The Morgan fingerprint density at radius 3 is 2.26 bits per heavy atom. The van der Waals surface area contributed by atoms with Crippen LogP contribution in [0.4, 0.5) is 8.78 Å². The third-order valence-corrected chi connectivity index (χ3v) is 5.81. The van der Waals surface area contributed by atoms with E-state index >= 15 is 0 Å². The number of aromatic nitrogens is 1. The maximum absolute atomic E-state index is 13.8. The van der Waals surface area contributed by atoms with Crippen LogP contribution < -0.4 is 0 Å². The van der Waals surface area contributed by atoms with E-state index in [4.69, 9.17) is 4.74 Å². The highest BCUT2D eigenvalue weighted by Gasteiger charge is 2.29. The number of Topliss-reactive ketones (excluding diaryl/α,β-unsaturated/α-hetero) is 1. The Labute approximate surface area is 203 Å². The fourth-order valence-electron chi connectivity index (χ4n) is 4.23. The van der Waals surface area contributed by atoms with E-state index in [-0.39, 0.29) is 31.0 Å². The maximum atomic E-state index is 13.8. The molecule has 0 fully saturated rings. The zero-order valence-electron chi connectivity index (χ0n) is 20.2. The van der Waals surface area contributed by atoms with Gasteiger partial charge < -0.3 is 14.2 Å². The van der Waals surface area contributed by atoms with Crippen LogP contribution in [-0.2, 0) is 17.8 Å². The predicted octanol–water partition coefficient (Wildman–Crippen LogP) is 5.11. The maximum Gasteiger partial charge on any atom is 0.355 e. The highest BCUT2D eigenvalue weighted by atomic mass is 19.1. The minimum absolute atomic E-state index is 0.0126. The van der Waals surface area contributed by atoms with Crippen LogP contribution in [0, 0.1) is 25.5 Å². The average molecular weight is 483 g/mol. The zero-order chi connectivity index (χ0) is 25.7. The van der Waals surface area contributed by atoms with Gasteiger partial charge >= 0.3 is 5.97 Å². The Hall–Kier alpha value is -3.81. The second-order valence-corrected chi connectivity index (χ2v) is 8.12. The summed E-state index contributed by atoms with van der Waals surface area (Å²) in [4.78, 5) is 40.6. The number of benzene rings is 2. The number of amides is 1. The second kappa shape index (κ2) is 11.1. The molecule has 3 rings (SSSR count). The van der Waals surface area contributed by atoms with Crippen molar-refractivity contribution in [2.75, 3.05) is 13.2 Å². The second-order valence-electron chi connectivity index (χ2n) is 8.12. The normalized spacial score (nSPS) is 10.8. The summed E-state index contributed by atoms with van der Waals surface area (Å²) in [5.41, 5.74) is 2.41. The molecule has 0 bridgehead atoms. The quantitative estimate of drug-likeness (QED) is 0.314. The topological polar surface area (TPSA) is 68.6 Å². The van der Waals surface area contributed by atoms with E-state index in [0.29, 0.717) is 34.6 Å². The summed E-state index contributed by atoms with van der Waals surface area (Å²) in [5, 5.41) is 0. The molecule has 0 aliphatic heterocycles. The van der Waals surface area contributed by atoms with Crippen LogP contribution in [0.5, 0.6) is 0 Å². The number of halogens is 2. The molecule has 0 radical (unpaired) electrons. The van der Waals surface area contributed by atoms with Gasteiger partial charge in [-0.05, 0) is 69.2 Å². The van der Waals surface area contributed by atoms with Gasteiger partial charge in [0.05, 0.1) is 13.2 Å². The van der Waals surface area contributed by atoms with Gasteiger partial charge in [0.2, 0.25) is 0 Å². The first-order valence-electron chi connectivity index (χ1n) is 11.4. The molecule has 184 valence electrons. The van der Waals surface area contributed by atoms with Crippen molar-refractivity contribution in [3.8, 4) is 0 Å². The molecule has 1 aromatic heterocycles. The molecule has 0 spiro atoms. The van der Waals surface area contributed by atoms with Gasteiger partial charge in [0.25, 0.3) is 5.91 Å². The molecule has 0 saturated heterocycles. The minimum atomic E-state index is -0.574. The average Bonchev–Trinajstić information content (AvgIpc) is 3.08. The summed E-state index contributed by atoms with van der Waals surface area (Å²) in [7, 11) is 0. The van der Waals surface area contributed by atoms with E-state index in [1.54, 1.807) is 25.3 Å². The summed E-state index contributed by atoms with van der Waals surface area (Å²) in [6.45, 7) is 7.33.